The molecule has 0 aromatic heterocycles. The van der Waals surface area contributed by atoms with Gasteiger partial charge < -0.3 is 15.8 Å². The Balaban J connectivity index is 0.00000288. The zero-order valence-corrected chi connectivity index (χ0v) is 16.4. The molecule has 4 nitrogen and oxygen atoms in total. The smallest absolute Gasteiger partial charge is 0.189 e. The average Bonchev–Trinajstić information content (AvgIpc) is 2.47. The predicted octanol–water partition coefficient (Wildman–Crippen LogP) is 4.44. The second-order valence-corrected chi connectivity index (χ2v) is 6.28. The molecule has 0 saturated heterocycles. The number of guanidine groups is 1. The van der Waals surface area contributed by atoms with Crippen molar-refractivity contribution in [2.75, 3.05) is 0 Å². The normalized spacial score (nSPS) is 11.6. The summed E-state index contributed by atoms with van der Waals surface area (Å²) in [6, 6.07) is 13.5. The van der Waals surface area contributed by atoms with Crippen LogP contribution in [0.5, 0.6) is 11.5 Å². The fourth-order valence-corrected chi connectivity index (χ4v) is 1.90. The summed E-state index contributed by atoms with van der Waals surface area (Å²) in [4.78, 5) is 4.30. The maximum absolute atomic E-state index is 12.8. The van der Waals surface area contributed by atoms with Crippen molar-refractivity contribution in [3.05, 3.63) is 59.9 Å². The quantitative estimate of drug-likeness (QED) is 0.418. The van der Waals surface area contributed by atoms with Crippen LogP contribution < -0.4 is 15.8 Å². The van der Waals surface area contributed by atoms with Gasteiger partial charge in [0.1, 0.15) is 17.3 Å². The van der Waals surface area contributed by atoms with Gasteiger partial charge in [0.25, 0.3) is 0 Å². The van der Waals surface area contributed by atoms with Gasteiger partial charge in [-0.25, -0.2) is 9.38 Å². The summed E-state index contributed by atoms with van der Waals surface area (Å²) in [5.74, 6) is 1.41. The molecule has 0 unspecified atom stereocenters. The molecular formula is C18H23FIN3O. The average molecular weight is 443 g/mol. The number of hydrogen-bond donors (Lipinski definition) is 2. The Morgan fingerprint density at radius 2 is 1.54 bits per heavy atom. The van der Waals surface area contributed by atoms with Crippen LogP contribution in [0.4, 0.5) is 4.39 Å². The number of nitrogens with two attached hydrogens (primary N) is 1. The van der Waals surface area contributed by atoms with E-state index in [2.05, 4.69) is 10.3 Å². The minimum Gasteiger partial charge on any atom is -0.457 e. The molecule has 0 saturated carbocycles. The van der Waals surface area contributed by atoms with Crippen molar-refractivity contribution in [3.63, 3.8) is 0 Å². The SMILES string of the molecule is CC(C)(C)NC(N)=NCc1ccc(Oc2ccc(F)cc2)cc1.I. The third-order valence-electron chi connectivity index (χ3n) is 2.91. The fourth-order valence-electron chi connectivity index (χ4n) is 1.90. The van der Waals surface area contributed by atoms with E-state index in [0.717, 1.165) is 5.56 Å². The highest BCUT2D eigenvalue weighted by molar-refractivity contribution is 14.0. The van der Waals surface area contributed by atoms with Gasteiger partial charge in [-0.2, -0.15) is 0 Å². The van der Waals surface area contributed by atoms with Gasteiger partial charge in [-0.3, -0.25) is 0 Å². The molecule has 0 spiro atoms. The molecule has 24 heavy (non-hydrogen) atoms. The van der Waals surface area contributed by atoms with Crippen molar-refractivity contribution in [3.8, 4) is 11.5 Å². The van der Waals surface area contributed by atoms with Crippen LogP contribution in [0.3, 0.4) is 0 Å². The van der Waals surface area contributed by atoms with Crippen LogP contribution in [0.15, 0.2) is 53.5 Å². The fraction of sp³-hybridized carbons (Fsp3) is 0.278. The van der Waals surface area contributed by atoms with Gasteiger partial charge in [0.2, 0.25) is 0 Å². The summed E-state index contributed by atoms with van der Waals surface area (Å²) in [5.41, 5.74) is 6.75. The molecular weight excluding hydrogens is 420 g/mol. The van der Waals surface area contributed by atoms with Gasteiger partial charge in [0.15, 0.2) is 5.96 Å². The van der Waals surface area contributed by atoms with E-state index < -0.39 is 0 Å². The lowest BCUT2D eigenvalue weighted by atomic mass is 10.1. The molecule has 0 atom stereocenters. The number of nitrogens with one attached hydrogen (secondary N) is 1. The lowest BCUT2D eigenvalue weighted by molar-refractivity contribution is 0.480. The first-order valence-corrected chi connectivity index (χ1v) is 7.42. The van der Waals surface area contributed by atoms with Gasteiger partial charge >= 0.3 is 0 Å². The standard InChI is InChI=1S/C18H22FN3O.HI/c1-18(2,3)22-17(20)21-12-13-4-8-15(9-5-13)23-16-10-6-14(19)7-11-16;/h4-11H,12H2,1-3H3,(H3,20,21,22);1H. The number of nitrogens with zero attached hydrogens (tertiary/aromatic N) is 1. The van der Waals surface area contributed by atoms with Crippen LogP contribution in [-0.4, -0.2) is 11.5 Å². The van der Waals surface area contributed by atoms with Crippen molar-refractivity contribution in [1.29, 1.82) is 0 Å². The van der Waals surface area contributed by atoms with Gasteiger partial charge in [-0.1, -0.05) is 12.1 Å². The lowest BCUT2D eigenvalue weighted by Gasteiger charge is -2.20. The summed E-state index contributed by atoms with van der Waals surface area (Å²) in [6.45, 7) is 6.57. The van der Waals surface area contributed by atoms with E-state index in [4.69, 9.17) is 10.5 Å². The van der Waals surface area contributed by atoms with Crippen molar-refractivity contribution >= 4 is 29.9 Å². The van der Waals surface area contributed by atoms with Gasteiger partial charge in [-0.05, 0) is 62.7 Å². The van der Waals surface area contributed by atoms with E-state index in [-0.39, 0.29) is 35.3 Å². The Morgan fingerprint density at radius 3 is 2.04 bits per heavy atom. The lowest BCUT2D eigenvalue weighted by Crippen LogP contribution is -2.44. The van der Waals surface area contributed by atoms with Crippen LogP contribution >= 0.6 is 24.0 Å². The summed E-state index contributed by atoms with van der Waals surface area (Å²) in [7, 11) is 0. The van der Waals surface area contributed by atoms with Gasteiger partial charge in [0.05, 0.1) is 6.54 Å². The third-order valence-corrected chi connectivity index (χ3v) is 2.91. The van der Waals surface area contributed by atoms with Crippen LogP contribution in [0, 0.1) is 5.82 Å². The number of hydrogen-bond acceptors (Lipinski definition) is 2. The largest absolute Gasteiger partial charge is 0.457 e. The number of ether oxygens (including phenoxy) is 1. The van der Waals surface area contributed by atoms with E-state index in [1.54, 1.807) is 12.1 Å². The zero-order valence-electron chi connectivity index (χ0n) is 14.0. The highest BCUT2D eigenvalue weighted by atomic mass is 127. The second kappa shape index (κ2) is 8.86. The number of benzene rings is 2. The van der Waals surface area contributed by atoms with Crippen molar-refractivity contribution < 1.29 is 9.13 Å². The van der Waals surface area contributed by atoms with Crippen molar-refractivity contribution in [2.45, 2.75) is 32.9 Å². The summed E-state index contributed by atoms with van der Waals surface area (Å²) in [6.07, 6.45) is 0. The number of aliphatic imine (C=N–C) groups is 1. The molecule has 2 aromatic rings. The highest BCUT2D eigenvalue weighted by Gasteiger charge is 2.09. The second-order valence-electron chi connectivity index (χ2n) is 6.28. The van der Waals surface area contributed by atoms with E-state index in [1.165, 1.54) is 12.1 Å². The highest BCUT2D eigenvalue weighted by Crippen LogP contribution is 2.22. The monoisotopic (exact) mass is 443 g/mol. The Kier molecular flexibility index (Phi) is 7.47. The van der Waals surface area contributed by atoms with E-state index >= 15 is 0 Å². The van der Waals surface area contributed by atoms with E-state index in [0.29, 0.717) is 24.0 Å². The molecule has 130 valence electrons. The van der Waals surface area contributed by atoms with E-state index in [9.17, 15) is 4.39 Å². The van der Waals surface area contributed by atoms with E-state index in [1.807, 2.05) is 45.0 Å². The molecule has 0 aliphatic heterocycles. The third kappa shape index (κ3) is 7.16. The summed E-state index contributed by atoms with van der Waals surface area (Å²) < 4.78 is 18.5. The van der Waals surface area contributed by atoms with Crippen LogP contribution in [-0.2, 0) is 6.54 Å². The van der Waals surface area contributed by atoms with Crippen molar-refractivity contribution in [1.82, 2.24) is 5.32 Å². The molecule has 2 rings (SSSR count). The van der Waals surface area contributed by atoms with Crippen LogP contribution in [0.1, 0.15) is 26.3 Å². The first-order valence-electron chi connectivity index (χ1n) is 7.42. The zero-order chi connectivity index (χ0) is 16.9. The molecule has 0 amide bonds. The molecule has 6 heteroatoms. The molecule has 2 aromatic carbocycles. The minimum absolute atomic E-state index is 0. The maximum Gasteiger partial charge on any atom is 0.189 e. The Morgan fingerprint density at radius 1 is 1.04 bits per heavy atom. The number of rotatable bonds is 4. The first kappa shape index (κ1) is 20.2. The van der Waals surface area contributed by atoms with Crippen LogP contribution in [0.2, 0.25) is 0 Å². The Hall–Kier alpha value is -1.83. The number of halogens is 2. The molecule has 0 aliphatic carbocycles. The minimum atomic E-state index is -0.285. The topological polar surface area (TPSA) is 59.6 Å². The van der Waals surface area contributed by atoms with Crippen LogP contribution in [0.25, 0.3) is 0 Å². The maximum atomic E-state index is 12.8. The molecule has 0 heterocycles. The van der Waals surface area contributed by atoms with Crippen molar-refractivity contribution in [2.24, 2.45) is 10.7 Å². The predicted molar refractivity (Wildman–Crippen MR) is 107 cm³/mol. The molecule has 0 aliphatic rings. The molecule has 0 bridgehead atoms. The first-order chi connectivity index (χ1) is 10.8. The summed E-state index contributed by atoms with van der Waals surface area (Å²) >= 11 is 0. The van der Waals surface area contributed by atoms with Gasteiger partial charge in [0, 0.05) is 5.54 Å². The molecule has 0 fully saturated rings. The Bertz CT molecular complexity index is 664. The molecule has 0 radical (unpaired) electrons. The summed E-state index contributed by atoms with van der Waals surface area (Å²) in [5, 5.41) is 3.11. The Labute approximate surface area is 159 Å². The van der Waals surface area contributed by atoms with Gasteiger partial charge in [-0.15, -0.1) is 24.0 Å². The molecule has 3 N–H and O–H groups in total.